The zero-order valence-corrected chi connectivity index (χ0v) is 61.9. The molecule has 1 saturated heterocycles. The summed E-state index contributed by atoms with van der Waals surface area (Å²) >= 11 is 8.56. The number of carbonyl (C=O) groups is 11. The van der Waals surface area contributed by atoms with Crippen molar-refractivity contribution in [1.29, 1.82) is 0 Å². The topological polar surface area (TPSA) is 549 Å². The van der Waals surface area contributed by atoms with E-state index in [0.29, 0.717) is 34.0 Å². The van der Waals surface area contributed by atoms with Crippen LogP contribution in [-0.2, 0) is 100 Å². The van der Waals surface area contributed by atoms with Crippen molar-refractivity contribution in [2.24, 2.45) is 11.5 Å². The van der Waals surface area contributed by atoms with E-state index in [4.69, 9.17) is 11.5 Å². The monoisotopic (exact) mass is 1600 g/mol. The molecule has 0 aliphatic carbocycles. The minimum Gasteiger partial charge on any atom is -0.549 e. The number of primary amides is 1. The molecule has 35 nitrogen and oxygen atoms in total. The van der Waals surface area contributed by atoms with Gasteiger partial charge in [-0.3, -0.25) is 72.5 Å². The Morgan fingerprint density at radius 2 is 0.981 bits per heavy atom. The summed E-state index contributed by atoms with van der Waals surface area (Å²) in [5.74, 6) is -12.7. The van der Waals surface area contributed by atoms with Crippen molar-refractivity contribution in [3.63, 3.8) is 0 Å². The average molecular weight is 1600 g/mol. The van der Waals surface area contributed by atoms with E-state index in [9.17, 15) is 88.3 Å². The number of aromatic hydroxyl groups is 2. The first-order valence-corrected chi connectivity index (χ1v) is 37.2. The number of hydrogen-bond donors (Lipinski definition) is 17. The second-order valence-corrected chi connectivity index (χ2v) is 28.7. The number of carboxylic acids is 2. The molecule has 39 heteroatoms. The number of aliphatic hydroxyl groups is 1. The van der Waals surface area contributed by atoms with Gasteiger partial charge in [0.1, 0.15) is 59.8 Å². The zero-order chi connectivity index (χ0) is 77.8. The number of nitrogens with zero attached hydrogens (tertiary/aromatic N) is 4. The molecule has 1 aliphatic heterocycles. The molecular weight excluding hydrogens is 1510 g/mol. The number of fused-ring (bicyclic) bond motifs is 1. The van der Waals surface area contributed by atoms with Gasteiger partial charge in [-0.05, 0) is 85.3 Å². The number of phenols is 2. The van der Waals surface area contributed by atoms with E-state index >= 15 is 9.59 Å². The van der Waals surface area contributed by atoms with Crippen molar-refractivity contribution in [3.05, 3.63) is 136 Å². The minimum atomic E-state index is -4.27. The van der Waals surface area contributed by atoms with Gasteiger partial charge >= 0.3 is 17.1 Å². The molecule has 17 N–H and O–H groups in total. The number of para-hydroxylation sites is 1. The number of aromatic amines is 1. The smallest absolute Gasteiger partial charge is 0.549 e. The Morgan fingerprint density at radius 3 is 1.45 bits per heavy atom. The number of thiol groups is 2. The molecule has 0 bridgehead atoms. The van der Waals surface area contributed by atoms with Gasteiger partial charge in [0.15, 0.2) is 0 Å². The summed E-state index contributed by atoms with van der Waals surface area (Å²) in [7, 11) is -4.27. The average Bonchev–Trinajstić information content (AvgIpc) is 1.73. The van der Waals surface area contributed by atoms with E-state index in [0.717, 1.165) is 12.1 Å². The van der Waals surface area contributed by atoms with E-state index in [-0.39, 0.29) is 130 Å². The Kier molecular flexibility index (Phi) is 36.0. The van der Waals surface area contributed by atoms with Gasteiger partial charge in [-0.2, -0.15) is 25.3 Å². The number of aliphatic hydroxyl groups excluding tert-OH is 1. The van der Waals surface area contributed by atoms with Crippen LogP contribution in [0, 0.1) is 10.1 Å². The van der Waals surface area contributed by atoms with Gasteiger partial charge in [0.2, 0.25) is 60.5 Å². The second-order valence-electron chi connectivity index (χ2n) is 25.6. The summed E-state index contributed by atoms with van der Waals surface area (Å²) in [5, 5.41) is 86.5. The summed E-state index contributed by atoms with van der Waals surface area (Å²) in [4.78, 5) is 180. The molecule has 10 atom stereocenters. The molecular formula is C68H90CuN15O20PS2. The fourth-order valence-corrected chi connectivity index (χ4v) is 13.6. The molecule has 1 aromatic heterocycles. The van der Waals surface area contributed by atoms with Gasteiger partial charge in [0.05, 0.1) is 29.3 Å². The van der Waals surface area contributed by atoms with Crippen LogP contribution in [0.25, 0.3) is 10.9 Å². The number of nitro benzene ring substituents is 1. The number of aliphatic carboxylic acids is 2. The molecule has 9 amide bonds. The van der Waals surface area contributed by atoms with Crippen molar-refractivity contribution in [2.45, 2.75) is 113 Å². The molecule has 1 unspecified atom stereocenters. The molecule has 0 saturated carbocycles. The number of benzene rings is 4. The molecule has 1 aliphatic rings. The van der Waals surface area contributed by atoms with E-state index < -0.39 is 170 Å². The summed E-state index contributed by atoms with van der Waals surface area (Å²) in [6, 6.07) is 10.6. The Bertz CT molecular complexity index is 3900. The first kappa shape index (κ1) is 88.4. The fraction of sp³-hybridized carbons (Fsp3) is 0.456. The number of aromatic nitrogens is 1. The number of amides is 9. The van der Waals surface area contributed by atoms with Crippen LogP contribution in [-0.4, -0.2) is 247 Å². The molecule has 585 valence electrons. The third-order valence-corrected chi connectivity index (χ3v) is 19.8. The fourth-order valence-electron chi connectivity index (χ4n) is 11.5. The van der Waals surface area contributed by atoms with Crippen molar-refractivity contribution in [3.8, 4) is 11.5 Å². The molecule has 1 fully saturated rings. The summed E-state index contributed by atoms with van der Waals surface area (Å²) < 4.78 is 13.8. The second kappa shape index (κ2) is 43.6. The quantitative estimate of drug-likeness (QED) is 0.00438. The SMILES string of the molecule is C[C@@H](O)[C@H](NC(=O)[C@H](CCCCN)NC(=O)[C@H](Cc1c[nH]c2ccccc12)NC(=O)[C@H](Cc1ccc(O)cc1)NC(=O)[C@H](CS)NC(=O)[C@H](Cc1ccc([N+](=O)[O-])cc1)NC(=O)CCP(=O)(O)CN1CCN(CC(=O)[O-])CCN(CC(=O)[O-])CC1)C(=O)N[C@@H](CS)C(=O)N[C@@H](Cc1ccc(O)cc1)C(N)=O.[64Cu+2]. The summed E-state index contributed by atoms with van der Waals surface area (Å²) in [6.07, 6.45) is -2.51. The van der Waals surface area contributed by atoms with Crippen molar-refractivity contribution < 1.29 is 110 Å². The van der Waals surface area contributed by atoms with Crippen molar-refractivity contribution in [2.75, 3.05) is 82.9 Å². The molecule has 6 rings (SSSR count). The van der Waals surface area contributed by atoms with Gasteiger partial charge in [-0.1, -0.05) is 54.6 Å². The molecule has 107 heavy (non-hydrogen) atoms. The number of rotatable bonds is 41. The van der Waals surface area contributed by atoms with Crippen LogP contribution in [0.1, 0.15) is 54.9 Å². The van der Waals surface area contributed by atoms with Crippen LogP contribution in [0.3, 0.4) is 0 Å². The van der Waals surface area contributed by atoms with Crippen LogP contribution in [0.5, 0.6) is 11.5 Å². The maximum absolute atomic E-state index is 15.1. The van der Waals surface area contributed by atoms with Crippen LogP contribution in [0.2, 0.25) is 0 Å². The minimum absolute atomic E-state index is 0. The first-order chi connectivity index (χ1) is 50.3. The molecule has 4 aromatic carbocycles. The first-order valence-electron chi connectivity index (χ1n) is 33.9. The number of phenolic OH excluding ortho intramolecular Hbond substituents is 2. The van der Waals surface area contributed by atoms with Gasteiger partial charge in [-0.25, -0.2) is 0 Å². The van der Waals surface area contributed by atoms with Gasteiger partial charge in [0, 0.05) is 131 Å². The van der Waals surface area contributed by atoms with Crippen LogP contribution in [0.15, 0.2) is 103 Å². The Balaban J connectivity index is 0.0000205. The van der Waals surface area contributed by atoms with E-state index in [1.807, 2.05) is 0 Å². The Labute approximate surface area is 637 Å². The van der Waals surface area contributed by atoms with Gasteiger partial charge < -0.3 is 99.0 Å². The maximum atomic E-state index is 15.1. The number of non-ortho nitro benzene ring substituents is 1. The van der Waals surface area contributed by atoms with E-state index in [1.165, 1.54) is 82.3 Å². The summed E-state index contributed by atoms with van der Waals surface area (Å²) in [6.45, 7) is 0.963. The number of unbranched alkanes of at least 4 members (excludes halogenated alkanes) is 1. The number of nitro groups is 1. The third kappa shape index (κ3) is 29.5. The Morgan fingerprint density at radius 1 is 0.570 bits per heavy atom. The predicted octanol–water partition coefficient (Wildman–Crippen LogP) is -4.47. The molecule has 5 aromatic rings. The van der Waals surface area contributed by atoms with Crippen LogP contribution in [0.4, 0.5) is 5.69 Å². The number of nitrogens with one attached hydrogen (secondary N) is 9. The number of carbonyl (C=O) groups excluding carboxylic acids is 11. The normalized spacial score (nSPS) is 16.0. The number of carboxylic acid groups (broad SMARTS) is 2. The third-order valence-electron chi connectivity index (χ3n) is 17.3. The Hall–Kier alpha value is -9.20. The van der Waals surface area contributed by atoms with Crippen molar-refractivity contribution >= 4 is 114 Å². The van der Waals surface area contributed by atoms with Gasteiger partial charge in [0.25, 0.3) is 5.69 Å². The van der Waals surface area contributed by atoms with Crippen molar-refractivity contribution in [1.82, 2.24) is 62.2 Å². The zero-order valence-electron chi connectivity index (χ0n) is 58.3. The van der Waals surface area contributed by atoms with E-state index in [2.05, 4.69) is 72.8 Å². The number of hydrogen-bond acceptors (Lipinski definition) is 25. The van der Waals surface area contributed by atoms with Crippen LogP contribution < -0.4 is 64.2 Å². The van der Waals surface area contributed by atoms with Crippen LogP contribution >= 0.6 is 32.6 Å². The maximum Gasteiger partial charge on any atom is 2.00 e. The van der Waals surface area contributed by atoms with Gasteiger partial charge in [-0.15, -0.1) is 0 Å². The number of nitrogens with two attached hydrogens (primary N) is 2. The molecule has 1 radical (unpaired) electrons. The standard InChI is InChI=1S/C68H92N15O20PS2.Cu/c1-40(84)60(68(99)78-56(38-106)66(97)74-51(61(70)92)30-42-11-17-46(85)18-12-42)79-62(93)50(8-4-5-22-69)73-65(96)54(33-44-34-71-49-7-3-2-6-48(44)49)76-64(95)53(32-43-13-19-47(86)20-14-43)75-67(98)55(37-105)77-63(94)52(31-41-9-15-45(16-10-41)83(100)101)72-57(87)21-29-104(102,103)39-82-27-25-80(35-58(88)89)23-24-81(26-28-82)36-59(90)91;/h2-3,6-7,9-20,34,40,50-56,60,71,84-86,105-106H,4-5,8,21-33,35-39,69H2,1H3,(H2,70,92)(H,72,87)(H,73,96)(H,74,97)(H,75,98)(H,76,95)(H,77,94)(H,78,99)(H,79,93)(H,88,89)(H,90,91)(H,102,103);/q;+2/p-2/t40-,50+,51+,52+,53+,54+,55+,56+,60+;/m1./s1/i;1+0. The molecule has 2 heterocycles. The van der Waals surface area contributed by atoms with E-state index in [1.54, 1.807) is 30.5 Å². The number of H-pyrrole nitrogens is 1. The predicted molar refractivity (Wildman–Crippen MR) is 388 cm³/mol. The summed E-state index contributed by atoms with van der Waals surface area (Å²) in [5.41, 5.74) is 13.4. The largest absolute Gasteiger partial charge is 2.00 e. The molecule has 0 spiro atoms.